The van der Waals surface area contributed by atoms with Crippen LogP contribution >= 0.6 is 0 Å². The molecular weight excluding hydrogens is 733 g/mol. The fraction of sp³-hybridized carbons (Fsp3) is 0.140. The van der Waals surface area contributed by atoms with Crippen LogP contribution in [0.4, 0.5) is 0 Å². The van der Waals surface area contributed by atoms with Crippen molar-refractivity contribution in [3.8, 4) is 22.3 Å². The molecule has 0 amide bonds. The van der Waals surface area contributed by atoms with Crippen LogP contribution in [0, 0.1) is 0 Å². The van der Waals surface area contributed by atoms with Gasteiger partial charge in [-0.1, -0.05) is 231 Å². The number of Topliss-reactive ketones (excluding diaryl/α,β-unsaturated/α-hetero) is 1. The summed E-state index contributed by atoms with van der Waals surface area (Å²) in [5.74, 6) is -2.32. The Morgan fingerprint density at radius 2 is 0.533 bits per heavy atom. The minimum Gasteiger partial charge on any atom is -0.388 e. The van der Waals surface area contributed by atoms with Gasteiger partial charge in [-0.2, -0.15) is 0 Å². The molecule has 0 fully saturated rings. The van der Waals surface area contributed by atoms with Gasteiger partial charge in [-0.3, -0.25) is 4.79 Å². The van der Waals surface area contributed by atoms with Gasteiger partial charge in [0.25, 0.3) is 0 Å². The molecule has 2 N–H and O–H groups in total. The number of ketones is 1. The molecule has 0 saturated carbocycles. The quantitative estimate of drug-likeness (QED) is 0.103. The van der Waals surface area contributed by atoms with Gasteiger partial charge >= 0.3 is 0 Å². The predicted octanol–water partition coefficient (Wildman–Crippen LogP) is 11.9. The summed E-state index contributed by atoms with van der Waals surface area (Å²) in [6.07, 6.45) is 0.869. The first-order valence-electron chi connectivity index (χ1n) is 20.8. The zero-order chi connectivity index (χ0) is 41.2. The Hall–Kier alpha value is -6.65. The number of benzene rings is 8. The van der Waals surface area contributed by atoms with Crippen LogP contribution in [0.3, 0.4) is 0 Å². The maximum atomic E-state index is 16.5. The van der Waals surface area contributed by atoms with Crippen LogP contribution in [0.5, 0.6) is 0 Å². The molecule has 2 atom stereocenters. The van der Waals surface area contributed by atoms with E-state index in [1.165, 1.54) is 0 Å². The number of carbonyl (C=O) groups excluding carboxylic acids is 1. The normalized spacial score (nSPS) is 12.7. The van der Waals surface area contributed by atoms with Crippen molar-refractivity contribution < 1.29 is 15.0 Å². The molecule has 0 aliphatic heterocycles. The lowest BCUT2D eigenvalue weighted by Crippen LogP contribution is -2.51. The number of carbonyl (C=O) groups is 1. The monoisotopic (exact) mass is 782 g/mol. The molecule has 8 aromatic carbocycles. The molecule has 0 aliphatic carbocycles. The fourth-order valence-electron chi connectivity index (χ4n) is 8.97. The average Bonchev–Trinajstić information content (AvgIpc) is 3.29. The first-order chi connectivity index (χ1) is 29.4. The maximum absolute atomic E-state index is 16.5. The highest BCUT2D eigenvalue weighted by atomic mass is 16.3. The van der Waals surface area contributed by atoms with E-state index < -0.39 is 23.0 Å². The summed E-state index contributed by atoms with van der Waals surface area (Å²) in [6, 6.07) is 76.2. The Morgan fingerprint density at radius 1 is 0.317 bits per heavy atom. The summed E-state index contributed by atoms with van der Waals surface area (Å²) >= 11 is 0. The maximum Gasteiger partial charge on any atom is 0.153 e. The summed E-state index contributed by atoms with van der Waals surface area (Å²) < 4.78 is 0. The van der Waals surface area contributed by atoms with Crippen molar-refractivity contribution in [3.63, 3.8) is 0 Å². The molecule has 0 bridgehead atoms. The summed E-state index contributed by atoms with van der Waals surface area (Å²) in [4.78, 5) is 16.5. The van der Waals surface area contributed by atoms with Gasteiger partial charge in [-0.15, -0.1) is 0 Å². The zero-order valence-corrected chi connectivity index (χ0v) is 33.7. The van der Waals surface area contributed by atoms with Gasteiger partial charge in [0.2, 0.25) is 0 Å². The second-order valence-corrected chi connectivity index (χ2v) is 16.1. The van der Waals surface area contributed by atoms with E-state index in [2.05, 4.69) is 24.3 Å². The SMILES string of the molecule is O=C(C(c1ccc(-c2ccccc2)cc1)C(O)(Cc1ccccc1)Cc1ccccc1)C(c1ccc(-c2ccccc2)cc1)C(O)(Cc1ccccc1)Cc1ccccc1. The number of aliphatic hydroxyl groups is 2. The van der Waals surface area contributed by atoms with Crippen LogP contribution in [0.15, 0.2) is 231 Å². The van der Waals surface area contributed by atoms with E-state index in [0.29, 0.717) is 11.1 Å². The Labute approximate surface area is 354 Å². The molecule has 8 aromatic rings. The Kier molecular flexibility index (Phi) is 12.4. The van der Waals surface area contributed by atoms with Crippen molar-refractivity contribution in [3.05, 3.63) is 264 Å². The van der Waals surface area contributed by atoms with Crippen molar-refractivity contribution in [1.82, 2.24) is 0 Å². The third kappa shape index (κ3) is 9.45. The molecule has 0 spiro atoms. The highest BCUT2D eigenvalue weighted by Crippen LogP contribution is 2.45. The van der Waals surface area contributed by atoms with E-state index in [0.717, 1.165) is 44.5 Å². The van der Waals surface area contributed by atoms with Gasteiger partial charge < -0.3 is 10.2 Å². The van der Waals surface area contributed by atoms with E-state index in [1.807, 2.05) is 206 Å². The second kappa shape index (κ2) is 18.5. The smallest absolute Gasteiger partial charge is 0.153 e. The van der Waals surface area contributed by atoms with E-state index in [1.54, 1.807) is 0 Å². The predicted molar refractivity (Wildman–Crippen MR) is 245 cm³/mol. The van der Waals surface area contributed by atoms with Crippen LogP contribution in [0.2, 0.25) is 0 Å². The Bertz CT molecular complexity index is 2270. The molecule has 60 heavy (non-hydrogen) atoms. The van der Waals surface area contributed by atoms with E-state index in [4.69, 9.17) is 0 Å². The largest absolute Gasteiger partial charge is 0.388 e. The van der Waals surface area contributed by atoms with Gasteiger partial charge in [0.15, 0.2) is 5.78 Å². The summed E-state index contributed by atoms with van der Waals surface area (Å²) in [7, 11) is 0. The van der Waals surface area contributed by atoms with Crippen molar-refractivity contribution in [2.24, 2.45) is 0 Å². The van der Waals surface area contributed by atoms with Crippen molar-refractivity contribution in [1.29, 1.82) is 0 Å². The van der Waals surface area contributed by atoms with Crippen LogP contribution in [-0.2, 0) is 30.5 Å². The molecule has 296 valence electrons. The van der Waals surface area contributed by atoms with Crippen LogP contribution < -0.4 is 0 Å². The molecule has 0 radical (unpaired) electrons. The second-order valence-electron chi connectivity index (χ2n) is 16.1. The van der Waals surface area contributed by atoms with Crippen LogP contribution in [-0.4, -0.2) is 27.2 Å². The highest BCUT2D eigenvalue weighted by Gasteiger charge is 2.51. The number of rotatable bonds is 16. The van der Waals surface area contributed by atoms with Gasteiger partial charge in [0.05, 0.1) is 23.0 Å². The fourth-order valence-corrected chi connectivity index (χ4v) is 8.97. The zero-order valence-electron chi connectivity index (χ0n) is 33.7. The van der Waals surface area contributed by atoms with Gasteiger partial charge in [-0.05, 0) is 55.6 Å². The summed E-state index contributed by atoms with van der Waals surface area (Å²) in [5.41, 5.74) is 6.01. The third-order valence-corrected chi connectivity index (χ3v) is 11.8. The molecule has 0 heterocycles. The Morgan fingerprint density at radius 3 is 0.783 bits per heavy atom. The topological polar surface area (TPSA) is 57.5 Å². The lowest BCUT2D eigenvalue weighted by molar-refractivity contribution is -0.135. The number of hydrogen-bond donors (Lipinski definition) is 2. The standard InChI is InChI=1S/C57H50O3/c58-55(53(51-35-31-49(32-36-51)47-27-15-5-16-28-47)56(59,39-43-19-7-1-8-20-43)40-44-21-9-2-10-22-44)54(52-37-33-50(34-38-52)48-29-17-6-18-30-48)57(60,41-45-23-11-3-12-24-45)42-46-25-13-4-14-26-46/h1-38,53-54,59-60H,39-42H2. The third-order valence-electron chi connectivity index (χ3n) is 11.8. The average molecular weight is 783 g/mol. The van der Waals surface area contributed by atoms with E-state index >= 15 is 4.79 Å². The highest BCUT2D eigenvalue weighted by molar-refractivity contribution is 5.94. The van der Waals surface area contributed by atoms with Gasteiger partial charge in [0.1, 0.15) is 0 Å². The number of hydrogen-bond acceptors (Lipinski definition) is 3. The molecule has 3 heteroatoms. The summed E-state index contributed by atoms with van der Waals surface area (Å²) in [6.45, 7) is 0. The molecule has 8 rings (SSSR count). The first kappa shape index (κ1) is 40.1. The van der Waals surface area contributed by atoms with Crippen molar-refractivity contribution in [2.75, 3.05) is 0 Å². The van der Waals surface area contributed by atoms with Gasteiger partial charge in [0, 0.05) is 25.7 Å². The summed E-state index contributed by atoms with van der Waals surface area (Å²) in [5, 5.41) is 27.2. The minimum absolute atomic E-state index is 0.217. The van der Waals surface area contributed by atoms with Crippen molar-refractivity contribution >= 4 is 5.78 Å². The van der Waals surface area contributed by atoms with E-state index in [9.17, 15) is 10.2 Å². The lowest BCUT2D eigenvalue weighted by Gasteiger charge is -2.43. The van der Waals surface area contributed by atoms with Gasteiger partial charge in [-0.25, -0.2) is 0 Å². The molecular formula is C57H50O3. The molecule has 0 aromatic heterocycles. The minimum atomic E-state index is -1.60. The van der Waals surface area contributed by atoms with E-state index in [-0.39, 0.29) is 31.5 Å². The van der Waals surface area contributed by atoms with Crippen molar-refractivity contribution in [2.45, 2.75) is 48.7 Å². The first-order valence-corrected chi connectivity index (χ1v) is 20.8. The van der Waals surface area contributed by atoms with Crippen LogP contribution in [0.25, 0.3) is 22.3 Å². The Balaban J connectivity index is 1.34. The molecule has 0 aliphatic rings. The molecule has 3 nitrogen and oxygen atoms in total. The van der Waals surface area contributed by atoms with Crippen LogP contribution in [0.1, 0.15) is 45.2 Å². The molecule has 0 saturated heterocycles. The molecule has 2 unspecified atom stereocenters. The lowest BCUT2D eigenvalue weighted by atomic mass is 9.64.